The Kier molecular flexibility index (Phi) is 6.34. The van der Waals surface area contributed by atoms with E-state index in [4.69, 9.17) is 33.1 Å². The number of aromatic carboxylic acids is 1. The van der Waals surface area contributed by atoms with Gasteiger partial charge in [-0.3, -0.25) is 15.4 Å². The van der Waals surface area contributed by atoms with Crippen molar-refractivity contribution < 1.29 is 29.4 Å². The molecule has 0 spiro atoms. The minimum absolute atomic E-state index is 0.0992. The highest BCUT2D eigenvalue weighted by Gasteiger charge is 2.21. The second-order valence-electron chi connectivity index (χ2n) is 5.62. The molecule has 1 amide bonds. The van der Waals surface area contributed by atoms with E-state index in [2.05, 4.69) is 0 Å². The lowest BCUT2D eigenvalue weighted by atomic mass is 9.94. The van der Waals surface area contributed by atoms with Gasteiger partial charge in [0.2, 0.25) is 5.91 Å². The lowest BCUT2D eigenvalue weighted by Gasteiger charge is -2.15. The second-order valence-corrected chi connectivity index (χ2v) is 6.03. The van der Waals surface area contributed by atoms with Crippen molar-refractivity contribution in [1.29, 1.82) is 5.41 Å². The number of carboxylic acid groups (broad SMARTS) is 1. The summed E-state index contributed by atoms with van der Waals surface area (Å²) in [4.78, 5) is 22.8. The number of phenols is 1. The first-order chi connectivity index (χ1) is 13.2. The maximum Gasteiger partial charge on any atom is 0.335 e. The third-order valence-corrected chi connectivity index (χ3v) is 4.15. The third-order valence-electron chi connectivity index (χ3n) is 3.84. The van der Waals surface area contributed by atoms with Crippen LogP contribution in [-0.2, 0) is 4.79 Å². The molecular formula is C18H15ClFN3O5. The first kappa shape index (κ1) is 20.9. The van der Waals surface area contributed by atoms with Crippen LogP contribution in [0.1, 0.15) is 27.9 Å². The van der Waals surface area contributed by atoms with Gasteiger partial charge in [0.25, 0.3) is 0 Å². The lowest BCUT2D eigenvalue weighted by Crippen LogP contribution is -2.23. The normalized spacial score (nSPS) is 11.5. The van der Waals surface area contributed by atoms with Crippen LogP contribution < -0.4 is 11.2 Å². The molecule has 146 valence electrons. The second kappa shape index (κ2) is 8.51. The predicted molar refractivity (Wildman–Crippen MR) is 99.0 cm³/mol. The van der Waals surface area contributed by atoms with E-state index >= 15 is 0 Å². The van der Waals surface area contributed by atoms with Gasteiger partial charge < -0.3 is 15.9 Å². The Labute approximate surface area is 163 Å². The number of aromatic hydroxyl groups is 1. The van der Waals surface area contributed by atoms with Gasteiger partial charge in [-0.25, -0.2) is 14.7 Å². The molecule has 0 saturated heterocycles. The smallest absolute Gasteiger partial charge is 0.335 e. The van der Waals surface area contributed by atoms with E-state index in [0.29, 0.717) is 0 Å². The number of hydroxylamine groups is 1. The van der Waals surface area contributed by atoms with Crippen molar-refractivity contribution in [3.05, 3.63) is 69.5 Å². The molecule has 2 aromatic carbocycles. The molecule has 2 aromatic rings. The Morgan fingerprint density at radius 2 is 1.86 bits per heavy atom. The van der Waals surface area contributed by atoms with Crippen LogP contribution in [0.25, 0.3) is 5.70 Å². The van der Waals surface area contributed by atoms with E-state index in [9.17, 15) is 19.1 Å². The van der Waals surface area contributed by atoms with Crippen LogP contribution in [-0.4, -0.2) is 33.0 Å². The lowest BCUT2D eigenvalue weighted by molar-refractivity contribution is -0.128. The van der Waals surface area contributed by atoms with E-state index < -0.39 is 29.9 Å². The maximum absolute atomic E-state index is 14.4. The summed E-state index contributed by atoms with van der Waals surface area (Å²) in [6, 6.07) is 7.63. The molecule has 0 saturated carbocycles. The fourth-order valence-corrected chi connectivity index (χ4v) is 2.56. The summed E-state index contributed by atoms with van der Waals surface area (Å²) < 4.78 is 14.4. The van der Waals surface area contributed by atoms with Gasteiger partial charge in [-0.2, -0.15) is 0 Å². The summed E-state index contributed by atoms with van der Waals surface area (Å²) in [5.41, 5.74) is 6.10. The molecule has 0 atom stereocenters. The zero-order valence-corrected chi connectivity index (χ0v) is 14.9. The van der Waals surface area contributed by atoms with Crippen LogP contribution in [0.2, 0.25) is 5.02 Å². The minimum Gasteiger partial charge on any atom is -0.504 e. The molecule has 2 rings (SSSR count). The standard InChI is InChI=1S/C18H15ClFN3O5/c19-12-5-4-10(14(20)17(12)25)16(22)11(7-13(24)23-28)15(21)8-2-1-3-9(6-8)18(26)27/h1-6,21,25,28H,7,22H2,(H,23,24)(H,26,27)/b16-11-,21-15?. The number of carbonyl (C=O) groups is 2. The number of amides is 1. The molecule has 7 N–H and O–H groups in total. The average Bonchev–Trinajstić information content (AvgIpc) is 2.69. The van der Waals surface area contributed by atoms with Gasteiger partial charge in [-0.1, -0.05) is 23.7 Å². The molecule has 0 aromatic heterocycles. The van der Waals surface area contributed by atoms with Gasteiger partial charge in [0, 0.05) is 22.4 Å². The average molecular weight is 408 g/mol. The van der Waals surface area contributed by atoms with Crippen molar-refractivity contribution in [3.8, 4) is 5.75 Å². The summed E-state index contributed by atoms with van der Waals surface area (Å²) in [7, 11) is 0. The Bertz CT molecular complexity index is 1010. The number of hydrogen-bond acceptors (Lipinski definition) is 6. The molecule has 0 fully saturated rings. The molecule has 10 heteroatoms. The van der Waals surface area contributed by atoms with Gasteiger partial charge in [0.15, 0.2) is 11.6 Å². The fourth-order valence-electron chi connectivity index (χ4n) is 2.41. The summed E-state index contributed by atoms with van der Waals surface area (Å²) in [6.45, 7) is 0. The summed E-state index contributed by atoms with van der Waals surface area (Å²) in [5, 5.41) is 35.7. The van der Waals surface area contributed by atoms with E-state index in [1.54, 1.807) is 0 Å². The summed E-state index contributed by atoms with van der Waals surface area (Å²) in [6.07, 6.45) is -0.610. The molecule has 0 aliphatic carbocycles. The van der Waals surface area contributed by atoms with E-state index in [1.807, 2.05) is 0 Å². The monoisotopic (exact) mass is 407 g/mol. The van der Waals surface area contributed by atoms with Gasteiger partial charge in [0.05, 0.1) is 22.7 Å². The van der Waals surface area contributed by atoms with E-state index in [0.717, 1.165) is 6.07 Å². The zero-order chi connectivity index (χ0) is 21.0. The van der Waals surface area contributed by atoms with Crippen molar-refractivity contribution in [2.75, 3.05) is 0 Å². The van der Waals surface area contributed by atoms with Crippen LogP contribution in [0, 0.1) is 11.2 Å². The minimum atomic E-state index is -1.23. The van der Waals surface area contributed by atoms with Crippen LogP contribution in [0.15, 0.2) is 42.0 Å². The first-order valence-corrected chi connectivity index (χ1v) is 8.06. The van der Waals surface area contributed by atoms with E-state index in [1.165, 1.54) is 35.8 Å². The van der Waals surface area contributed by atoms with E-state index in [-0.39, 0.29) is 38.7 Å². The van der Waals surface area contributed by atoms with Crippen molar-refractivity contribution >= 4 is 34.9 Å². The largest absolute Gasteiger partial charge is 0.504 e. The van der Waals surface area contributed by atoms with Crippen molar-refractivity contribution in [3.63, 3.8) is 0 Å². The maximum atomic E-state index is 14.4. The molecule has 0 radical (unpaired) electrons. The number of nitrogens with two attached hydrogens (primary N) is 1. The Balaban J connectivity index is 2.65. The molecule has 0 aliphatic rings. The Hall–Kier alpha value is -3.43. The highest BCUT2D eigenvalue weighted by molar-refractivity contribution is 6.32. The summed E-state index contributed by atoms with van der Waals surface area (Å²) >= 11 is 5.64. The molecular weight excluding hydrogens is 393 g/mol. The van der Waals surface area contributed by atoms with Crippen molar-refractivity contribution in [2.45, 2.75) is 6.42 Å². The molecule has 0 heterocycles. The van der Waals surface area contributed by atoms with Crippen LogP contribution in [0.4, 0.5) is 4.39 Å². The van der Waals surface area contributed by atoms with Gasteiger partial charge in [-0.15, -0.1) is 0 Å². The number of phenolic OH excluding ortho intramolecular Hbond substituents is 1. The molecule has 0 aliphatic heterocycles. The molecule has 0 bridgehead atoms. The Morgan fingerprint density at radius 3 is 2.46 bits per heavy atom. The molecule has 0 unspecified atom stereocenters. The number of hydrogen-bond donors (Lipinski definition) is 6. The molecule has 28 heavy (non-hydrogen) atoms. The van der Waals surface area contributed by atoms with Gasteiger partial charge in [0.1, 0.15) is 0 Å². The number of nitrogens with one attached hydrogen (secondary N) is 2. The number of rotatable bonds is 6. The van der Waals surface area contributed by atoms with Crippen LogP contribution in [0.3, 0.4) is 0 Å². The quantitative estimate of drug-likeness (QED) is 0.245. The number of halogens is 2. The number of carboxylic acids is 1. The highest BCUT2D eigenvalue weighted by Crippen LogP contribution is 2.32. The van der Waals surface area contributed by atoms with Crippen LogP contribution >= 0.6 is 11.6 Å². The first-order valence-electron chi connectivity index (χ1n) is 7.68. The highest BCUT2D eigenvalue weighted by atomic mass is 35.5. The SMILES string of the molecule is N=C(/C(CC(=O)NO)=C(\N)c1ccc(Cl)c(O)c1F)c1cccc(C(=O)O)c1. The zero-order valence-electron chi connectivity index (χ0n) is 14.2. The molecule has 8 nitrogen and oxygen atoms in total. The van der Waals surface area contributed by atoms with Gasteiger partial charge >= 0.3 is 5.97 Å². The topological polar surface area (TPSA) is 157 Å². The third kappa shape index (κ3) is 4.27. The Morgan fingerprint density at radius 1 is 1.21 bits per heavy atom. The summed E-state index contributed by atoms with van der Waals surface area (Å²) in [5.74, 6) is -4.17. The van der Waals surface area contributed by atoms with Crippen molar-refractivity contribution in [1.82, 2.24) is 5.48 Å². The fraction of sp³-hybridized carbons (Fsp3) is 0.0556. The number of benzene rings is 2. The van der Waals surface area contributed by atoms with Gasteiger partial charge in [-0.05, 0) is 24.3 Å². The van der Waals surface area contributed by atoms with Crippen molar-refractivity contribution in [2.24, 2.45) is 5.73 Å². The number of carbonyl (C=O) groups excluding carboxylic acids is 1. The van der Waals surface area contributed by atoms with Crippen LogP contribution in [0.5, 0.6) is 5.75 Å². The predicted octanol–water partition coefficient (Wildman–Crippen LogP) is 2.52.